The Bertz CT molecular complexity index is 608. The minimum absolute atomic E-state index is 0.227. The highest BCUT2D eigenvalue weighted by atomic mass is 16.1. The largest absolute Gasteiger partial charge is 0.398 e. The number of nitrogens with two attached hydrogens (primary N) is 1. The third-order valence-corrected chi connectivity index (χ3v) is 3.08. The maximum atomic E-state index is 12.2. The van der Waals surface area contributed by atoms with Gasteiger partial charge in [0.15, 0.2) is 0 Å². The second kappa shape index (κ2) is 5.52. The molecule has 0 atom stereocenters. The van der Waals surface area contributed by atoms with Crippen LogP contribution < -0.4 is 11.1 Å². The van der Waals surface area contributed by atoms with Crippen LogP contribution in [0, 0.1) is 6.92 Å². The van der Waals surface area contributed by atoms with Gasteiger partial charge in [0.2, 0.25) is 0 Å². The molecule has 3 N–H and O–H groups in total. The van der Waals surface area contributed by atoms with Crippen molar-refractivity contribution in [3.8, 4) is 0 Å². The van der Waals surface area contributed by atoms with Gasteiger partial charge in [-0.05, 0) is 30.5 Å². The lowest BCUT2D eigenvalue weighted by molar-refractivity contribution is 0.102. The van der Waals surface area contributed by atoms with Gasteiger partial charge in [0.05, 0.1) is 5.56 Å². The molecule has 4 heteroatoms. The summed E-state index contributed by atoms with van der Waals surface area (Å²) in [6, 6.07) is 7.59. The van der Waals surface area contributed by atoms with Crippen molar-refractivity contribution < 1.29 is 4.79 Å². The van der Waals surface area contributed by atoms with Crippen LogP contribution in [0.3, 0.4) is 0 Å². The summed E-state index contributed by atoms with van der Waals surface area (Å²) in [4.78, 5) is 16.2. The van der Waals surface area contributed by atoms with Crippen molar-refractivity contribution in [2.75, 3.05) is 11.1 Å². The number of carbonyl (C=O) groups is 1. The highest BCUT2D eigenvalue weighted by Gasteiger charge is 2.12. The molecule has 1 aromatic heterocycles. The van der Waals surface area contributed by atoms with Crippen molar-refractivity contribution in [2.24, 2.45) is 0 Å². The standard InChI is InChI=1S/C15H17N3O/c1-3-11-6-4-5-10(2)14(11)18-15(19)12-9-17-8-7-13(12)16/h4-9H,3H2,1-2H3,(H2,16,17)(H,18,19). The molecule has 0 aliphatic rings. The molecule has 2 aromatic rings. The number of anilines is 2. The van der Waals surface area contributed by atoms with Crippen molar-refractivity contribution >= 4 is 17.3 Å². The Hall–Kier alpha value is -2.36. The van der Waals surface area contributed by atoms with Crippen molar-refractivity contribution in [2.45, 2.75) is 20.3 Å². The van der Waals surface area contributed by atoms with E-state index < -0.39 is 0 Å². The molecule has 1 heterocycles. The summed E-state index contributed by atoms with van der Waals surface area (Å²) in [5.74, 6) is -0.227. The zero-order chi connectivity index (χ0) is 13.8. The van der Waals surface area contributed by atoms with E-state index in [1.807, 2.05) is 25.1 Å². The lowest BCUT2D eigenvalue weighted by Crippen LogP contribution is -2.16. The van der Waals surface area contributed by atoms with Crippen LogP contribution in [0.5, 0.6) is 0 Å². The number of rotatable bonds is 3. The quantitative estimate of drug-likeness (QED) is 0.886. The number of para-hydroxylation sites is 1. The molecule has 0 aliphatic carbocycles. The van der Waals surface area contributed by atoms with E-state index in [4.69, 9.17) is 5.73 Å². The summed E-state index contributed by atoms with van der Waals surface area (Å²) in [5.41, 5.74) is 9.61. The van der Waals surface area contributed by atoms with Crippen molar-refractivity contribution in [1.82, 2.24) is 4.98 Å². The molecular weight excluding hydrogens is 238 g/mol. The molecule has 98 valence electrons. The average molecular weight is 255 g/mol. The highest BCUT2D eigenvalue weighted by Crippen LogP contribution is 2.22. The predicted molar refractivity (Wildman–Crippen MR) is 77.2 cm³/mol. The van der Waals surface area contributed by atoms with Gasteiger partial charge in [-0.2, -0.15) is 0 Å². The highest BCUT2D eigenvalue weighted by molar-refractivity contribution is 6.08. The summed E-state index contributed by atoms with van der Waals surface area (Å²) in [7, 11) is 0. The van der Waals surface area contributed by atoms with Gasteiger partial charge >= 0.3 is 0 Å². The number of carbonyl (C=O) groups excluding carboxylic acids is 1. The Morgan fingerprint density at radius 2 is 2.16 bits per heavy atom. The first-order chi connectivity index (χ1) is 9.13. The van der Waals surface area contributed by atoms with Crippen molar-refractivity contribution in [3.63, 3.8) is 0 Å². The Morgan fingerprint density at radius 1 is 1.37 bits per heavy atom. The van der Waals surface area contributed by atoms with Gasteiger partial charge in [-0.3, -0.25) is 9.78 Å². The van der Waals surface area contributed by atoms with Gasteiger partial charge < -0.3 is 11.1 Å². The fourth-order valence-corrected chi connectivity index (χ4v) is 1.98. The fraction of sp³-hybridized carbons (Fsp3) is 0.200. The molecule has 2 rings (SSSR count). The van der Waals surface area contributed by atoms with Crippen LogP contribution in [-0.4, -0.2) is 10.9 Å². The van der Waals surface area contributed by atoms with Crippen LogP contribution in [0.2, 0.25) is 0 Å². The molecule has 0 aliphatic heterocycles. The van der Waals surface area contributed by atoms with Gasteiger partial charge in [-0.25, -0.2) is 0 Å². The van der Waals surface area contributed by atoms with Gasteiger partial charge in [-0.15, -0.1) is 0 Å². The third kappa shape index (κ3) is 2.73. The lowest BCUT2D eigenvalue weighted by atomic mass is 10.1. The topological polar surface area (TPSA) is 68.0 Å². The number of aryl methyl sites for hydroxylation is 2. The first-order valence-electron chi connectivity index (χ1n) is 6.22. The average Bonchev–Trinajstić information content (AvgIpc) is 2.41. The van der Waals surface area contributed by atoms with Crippen LogP contribution in [0.25, 0.3) is 0 Å². The van der Waals surface area contributed by atoms with Gasteiger partial charge in [0.25, 0.3) is 5.91 Å². The van der Waals surface area contributed by atoms with E-state index in [1.54, 1.807) is 12.3 Å². The van der Waals surface area contributed by atoms with Crippen LogP contribution in [-0.2, 0) is 6.42 Å². The smallest absolute Gasteiger partial charge is 0.259 e. The number of hydrogen-bond donors (Lipinski definition) is 2. The van der Waals surface area contributed by atoms with E-state index in [0.29, 0.717) is 11.3 Å². The third-order valence-electron chi connectivity index (χ3n) is 3.08. The zero-order valence-electron chi connectivity index (χ0n) is 11.1. The summed E-state index contributed by atoms with van der Waals surface area (Å²) in [5, 5.41) is 2.93. The molecule has 19 heavy (non-hydrogen) atoms. The number of nitrogens with one attached hydrogen (secondary N) is 1. The Labute approximate surface area is 112 Å². The summed E-state index contributed by atoms with van der Waals surface area (Å²) >= 11 is 0. The van der Waals surface area contributed by atoms with E-state index in [1.165, 1.54) is 6.20 Å². The normalized spacial score (nSPS) is 10.2. The molecule has 1 amide bonds. The molecule has 1 aromatic carbocycles. The second-order valence-corrected chi connectivity index (χ2v) is 4.38. The van der Waals surface area contributed by atoms with Crippen LogP contribution in [0.4, 0.5) is 11.4 Å². The van der Waals surface area contributed by atoms with Crippen molar-refractivity contribution in [1.29, 1.82) is 0 Å². The van der Waals surface area contributed by atoms with Crippen molar-refractivity contribution in [3.05, 3.63) is 53.3 Å². The second-order valence-electron chi connectivity index (χ2n) is 4.38. The number of amides is 1. The number of nitrogens with zero attached hydrogens (tertiary/aromatic N) is 1. The van der Waals surface area contributed by atoms with Gasteiger partial charge in [-0.1, -0.05) is 25.1 Å². The van der Waals surface area contributed by atoms with Crippen LogP contribution >= 0.6 is 0 Å². The SMILES string of the molecule is CCc1cccc(C)c1NC(=O)c1cnccc1N. The van der Waals surface area contributed by atoms with Gasteiger partial charge in [0.1, 0.15) is 0 Å². The number of benzene rings is 1. The number of nitrogen functional groups attached to an aromatic ring is 1. The van der Waals surface area contributed by atoms with E-state index in [9.17, 15) is 4.79 Å². The summed E-state index contributed by atoms with van der Waals surface area (Å²) < 4.78 is 0. The monoisotopic (exact) mass is 255 g/mol. The van der Waals surface area contributed by atoms with Crippen LogP contribution in [0.1, 0.15) is 28.4 Å². The molecule has 0 unspecified atom stereocenters. The van der Waals surface area contributed by atoms with Gasteiger partial charge in [0, 0.05) is 23.8 Å². The zero-order valence-corrected chi connectivity index (χ0v) is 11.1. The molecular formula is C15H17N3O. The maximum Gasteiger partial charge on any atom is 0.259 e. The number of pyridine rings is 1. The van der Waals surface area contributed by atoms with E-state index >= 15 is 0 Å². The summed E-state index contributed by atoms with van der Waals surface area (Å²) in [6.45, 7) is 4.03. The lowest BCUT2D eigenvalue weighted by Gasteiger charge is -2.13. The molecule has 0 radical (unpaired) electrons. The number of hydrogen-bond acceptors (Lipinski definition) is 3. The Balaban J connectivity index is 2.32. The molecule has 0 fully saturated rings. The molecule has 0 bridgehead atoms. The summed E-state index contributed by atoms with van der Waals surface area (Å²) in [6.07, 6.45) is 3.91. The van der Waals surface area contributed by atoms with E-state index in [2.05, 4.69) is 17.2 Å². The minimum Gasteiger partial charge on any atom is -0.398 e. The first kappa shape index (κ1) is 13.1. The molecule has 0 saturated heterocycles. The number of aromatic nitrogens is 1. The fourth-order valence-electron chi connectivity index (χ4n) is 1.98. The molecule has 0 spiro atoms. The first-order valence-corrected chi connectivity index (χ1v) is 6.22. The maximum absolute atomic E-state index is 12.2. The van der Waals surface area contributed by atoms with Crippen LogP contribution in [0.15, 0.2) is 36.7 Å². The van der Waals surface area contributed by atoms with E-state index in [-0.39, 0.29) is 5.91 Å². The van der Waals surface area contributed by atoms with E-state index in [0.717, 1.165) is 23.2 Å². The Kier molecular flexibility index (Phi) is 3.80. The molecule has 0 saturated carbocycles. The minimum atomic E-state index is -0.227. The molecule has 4 nitrogen and oxygen atoms in total. The Morgan fingerprint density at radius 3 is 2.84 bits per heavy atom. The predicted octanol–water partition coefficient (Wildman–Crippen LogP) is 2.79.